The van der Waals surface area contributed by atoms with Gasteiger partial charge in [0.05, 0.1) is 6.54 Å². The highest BCUT2D eigenvalue weighted by atomic mass is 127. The molecule has 7 nitrogen and oxygen atoms in total. The van der Waals surface area contributed by atoms with Crippen LogP contribution in [0.3, 0.4) is 0 Å². The monoisotopic (exact) mass is 519 g/mol. The van der Waals surface area contributed by atoms with Crippen LogP contribution in [0.2, 0.25) is 0 Å². The first-order valence-electron chi connectivity index (χ1n) is 10.3. The second-order valence-electron chi connectivity index (χ2n) is 6.78. The number of guanidine groups is 1. The number of phenolic OH excluding ortho intramolecular Hbond substituents is 1. The number of halogens is 1. The zero-order valence-corrected chi connectivity index (χ0v) is 20.5. The van der Waals surface area contributed by atoms with Gasteiger partial charge in [-0.1, -0.05) is 13.8 Å². The van der Waals surface area contributed by atoms with E-state index in [9.17, 15) is 9.90 Å². The Morgan fingerprint density at radius 2 is 1.79 bits per heavy atom. The standard InChI is InChI=1S/C21H37N5O2.HI/c1-5-22-21(25-17(4)9-8-16-26(6-2)7-3)24-15-14-23-20(28)18-10-12-19(27)13-11-18;/h10-13,17,27H,5-9,14-16H2,1-4H3,(H,23,28)(H2,22,24,25);1H. The molecule has 0 aliphatic carbocycles. The van der Waals surface area contributed by atoms with Crippen LogP contribution in [0.1, 0.15) is 50.9 Å². The predicted octanol–water partition coefficient (Wildman–Crippen LogP) is 2.81. The second-order valence-corrected chi connectivity index (χ2v) is 6.78. The molecule has 0 heterocycles. The van der Waals surface area contributed by atoms with E-state index >= 15 is 0 Å². The van der Waals surface area contributed by atoms with Crippen molar-refractivity contribution in [1.82, 2.24) is 20.9 Å². The van der Waals surface area contributed by atoms with Gasteiger partial charge in [0.2, 0.25) is 0 Å². The zero-order valence-electron chi connectivity index (χ0n) is 18.2. The van der Waals surface area contributed by atoms with Crippen LogP contribution in [0, 0.1) is 0 Å². The largest absolute Gasteiger partial charge is 0.508 e. The van der Waals surface area contributed by atoms with E-state index in [1.54, 1.807) is 12.1 Å². The summed E-state index contributed by atoms with van der Waals surface area (Å²) in [6, 6.07) is 6.53. The second kappa shape index (κ2) is 16.3. The van der Waals surface area contributed by atoms with Crippen molar-refractivity contribution in [3.8, 4) is 5.75 Å². The Bertz CT molecular complexity index is 591. The molecule has 1 atom stereocenters. The van der Waals surface area contributed by atoms with Crippen molar-refractivity contribution in [1.29, 1.82) is 0 Å². The molecule has 0 saturated carbocycles. The summed E-state index contributed by atoms with van der Waals surface area (Å²) < 4.78 is 0. The summed E-state index contributed by atoms with van der Waals surface area (Å²) in [6.07, 6.45) is 2.23. The van der Waals surface area contributed by atoms with Crippen LogP contribution in [0.25, 0.3) is 0 Å². The van der Waals surface area contributed by atoms with E-state index in [2.05, 4.69) is 46.6 Å². The maximum Gasteiger partial charge on any atom is 0.251 e. The fourth-order valence-corrected chi connectivity index (χ4v) is 2.84. The average Bonchev–Trinajstić information content (AvgIpc) is 2.69. The van der Waals surface area contributed by atoms with Crippen molar-refractivity contribution in [2.45, 2.75) is 46.6 Å². The van der Waals surface area contributed by atoms with E-state index in [1.807, 2.05) is 6.92 Å². The van der Waals surface area contributed by atoms with Gasteiger partial charge in [0.15, 0.2) is 5.96 Å². The lowest BCUT2D eigenvalue weighted by Gasteiger charge is -2.21. The molecule has 0 aromatic heterocycles. The Morgan fingerprint density at radius 1 is 1.14 bits per heavy atom. The van der Waals surface area contributed by atoms with E-state index in [1.165, 1.54) is 12.1 Å². The van der Waals surface area contributed by atoms with Gasteiger partial charge in [-0.3, -0.25) is 9.79 Å². The van der Waals surface area contributed by atoms with Crippen LogP contribution in [-0.2, 0) is 0 Å². The third-order valence-electron chi connectivity index (χ3n) is 4.53. The van der Waals surface area contributed by atoms with Crippen LogP contribution < -0.4 is 16.0 Å². The van der Waals surface area contributed by atoms with Gasteiger partial charge in [-0.2, -0.15) is 0 Å². The number of nitrogens with one attached hydrogen (secondary N) is 3. The molecule has 29 heavy (non-hydrogen) atoms. The van der Waals surface area contributed by atoms with Crippen molar-refractivity contribution >= 4 is 35.8 Å². The number of carbonyl (C=O) groups excluding carboxylic acids is 1. The SMILES string of the molecule is CCNC(=NCCNC(=O)c1ccc(O)cc1)NC(C)CCCN(CC)CC.I. The molecule has 166 valence electrons. The number of rotatable bonds is 12. The summed E-state index contributed by atoms with van der Waals surface area (Å²) >= 11 is 0. The van der Waals surface area contributed by atoms with E-state index in [0.717, 1.165) is 45.0 Å². The fourth-order valence-electron chi connectivity index (χ4n) is 2.84. The molecule has 0 spiro atoms. The van der Waals surface area contributed by atoms with Crippen molar-refractivity contribution in [2.24, 2.45) is 4.99 Å². The summed E-state index contributed by atoms with van der Waals surface area (Å²) in [7, 11) is 0. The Labute approximate surface area is 192 Å². The van der Waals surface area contributed by atoms with Gasteiger partial charge >= 0.3 is 0 Å². The van der Waals surface area contributed by atoms with E-state index in [0.29, 0.717) is 24.7 Å². The van der Waals surface area contributed by atoms with E-state index in [-0.39, 0.29) is 35.6 Å². The summed E-state index contributed by atoms with van der Waals surface area (Å²) in [5.41, 5.74) is 0.522. The first-order valence-corrected chi connectivity index (χ1v) is 10.3. The number of amides is 1. The topological polar surface area (TPSA) is 89.0 Å². The minimum absolute atomic E-state index is 0. The highest BCUT2D eigenvalue weighted by Crippen LogP contribution is 2.09. The normalized spacial score (nSPS) is 12.2. The van der Waals surface area contributed by atoms with Gasteiger partial charge < -0.3 is 26.0 Å². The molecule has 0 radical (unpaired) electrons. The zero-order chi connectivity index (χ0) is 20.8. The molecule has 4 N–H and O–H groups in total. The van der Waals surface area contributed by atoms with Crippen molar-refractivity contribution in [2.75, 3.05) is 39.3 Å². The van der Waals surface area contributed by atoms with Crippen molar-refractivity contribution in [3.05, 3.63) is 29.8 Å². The Morgan fingerprint density at radius 3 is 2.38 bits per heavy atom. The van der Waals surface area contributed by atoms with Gasteiger partial charge in [0.1, 0.15) is 5.75 Å². The summed E-state index contributed by atoms with van der Waals surface area (Å²) in [4.78, 5) is 19.0. The van der Waals surface area contributed by atoms with E-state index < -0.39 is 0 Å². The van der Waals surface area contributed by atoms with Gasteiger partial charge in [-0.15, -0.1) is 24.0 Å². The molecule has 0 bridgehead atoms. The number of hydrogen-bond donors (Lipinski definition) is 4. The minimum atomic E-state index is -0.169. The molecular formula is C21H38IN5O2. The van der Waals surface area contributed by atoms with Crippen LogP contribution >= 0.6 is 24.0 Å². The number of carbonyl (C=O) groups is 1. The maximum absolute atomic E-state index is 12.1. The van der Waals surface area contributed by atoms with Crippen LogP contribution in [0.4, 0.5) is 0 Å². The molecule has 0 saturated heterocycles. The summed E-state index contributed by atoms with van der Waals surface area (Å²) in [6.45, 7) is 13.6. The van der Waals surface area contributed by atoms with Crippen molar-refractivity contribution in [3.63, 3.8) is 0 Å². The average molecular weight is 519 g/mol. The Kier molecular flexibility index (Phi) is 15.4. The number of hydrogen-bond acceptors (Lipinski definition) is 4. The third-order valence-corrected chi connectivity index (χ3v) is 4.53. The molecular weight excluding hydrogens is 481 g/mol. The lowest BCUT2D eigenvalue weighted by atomic mass is 10.2. The highest BCUT2D eigenvalue weighted by Gasteiger charge is 2.07. The molecule has 0 aliphatic heterocycles. The van der Waals surface area contributed by atoms with Crippen LogP contribution in [-0.4, -0.2) is 67.2 Å². The van der Waals surface area contributed by atoms with Gasteiger partial charge in [0, 0.05) is 24.7 Å². The predicted molar refractivity (Wildman–Crippen MR) is 131 cm³/mol. The number of nitrogens with zero attached hydrogens (tertiary/aromatic N) is 2. The molecule has 1 aromatic carbocycles. The van der Waals surface area contributed by atoms with Crippen LogP contribution in [0.5, 0.6) is 5.75 Å². The van der Waals surface area contributed by atoms with E-state index in [4.69, 9.17) is 0 Å². The summed E-state index contributed by atoms with van der Waals surface area (Å²) in [5, 5.41) is 18.8. The number of aliphatic imine (C=N–C) groups is 1. The van der Waals surface area contributed by atoms with Crippen molar-refractivity contribution < 1.29 is 9.90 Å². The van der Waals surface area contributed by atoms with Gasteiger partial charge in [0.25, 0.3) is 5.91 Å². The number of benzene rings is 1. The lowest BCUT2D eigenvalue weighted by Crippen LogP contribution is -2.43. The molecule has 1 aromatic rings. The quantitative estimate of drug-likeness (QED) is 0.148. The minimum Gasteiger partial charge on any atom is -0.508 e. The first-order chi connectivity index (χ1) is 13.5. The molecule has 0 fully saturated rings. The smallest absolute Gasteiger partial charge is 0.251 e. The Balaban J connectivity index is 0.00000784. The summed E-state index contributed by atoms with van der Waals surface area (Å²) in [5.74, 6) is 0.753. The first kappa shape index (κ1) is 27.5. The van der Waals surface area contributed by atoms with Gasteiger partial charge in [-0.05, 0) is 70.6 Å². The Hall–Kier alpha value is -1.55. The maximum atomic E-state index is 12.1. The fraction of sp³-hybridized carbons (Fsp3) is 0.619. The number of phenols is 1. The number of aromatic hydroxyl groups is 1. The van der Waals surface area contributed by atoms with Gasteiger partial charge in [-0.25, -0.2) is 0 Å². The molecule has 0 aliphatic rings. The molecule has 1 rings (SSSR count). The molecule has 8 heteroatoms. The van der Waals surface area contributed by atoms with Crippen LogP contribution in [0.15, 0.2) is 29.3 Å². The molecule has 1 unspecified atom stereocenters. The molecule has 1 amide bonds. The highest BCUT2D eigenvalue weighted by molar-refractivity contribution is 14.0. The third kappa shape index (κ3) is 11.9. The lowest BCUT2D eigenvalue weighted by molar-refractivity contribution is 0.0955.